The number of nitrogens with one attached hydrogen (secondary N) is 1. The lowest BCUT2D eigenvalue weighted by molar-refractivity contribution is 0.590. The fraction of sp³-hybridized carbons (Fsp3) is 0.211. The Morgan fingerprint density at radius 3 is 2.90 bits per heavy atom. The van der Waals surface area contributed by atoms with Gasteiger partial charge in [0.05, 0.1) is 0 Å². The van der Waals surface area contributed by atoms with Crippen molar-refractivity contribution in [3.8, 4) is 11.1 Å². The average molecular weight is 274 g/mol. The standard InChI is InChI=1S/C19H18N2/c1-20-19-9-7-13-10-14(6-8-17(13)19)18-12-21-11-15-4-2-3-5-16(15)18/h2-6,8,10-12,19-20H,7,9H2,1H3. The van der Waals surface area contributed by atoms with E-state index in [-0.39, 0.29) is 0 Å². The molecule has 1 aliphatic rings. The van der Waals surface area contributed by atoms with Crippen molar-refractivity contribution in [2.75, 3.05) is 7.05 Å². The molecule has 1 aliphatic carbocycles. The molecule has 1 unspecified atom stereocenters. The van der Waals surface area contributed by atoms with Gasteiger partial charge in [-0.3, -0.25) is 4.98 Å². The summed E-state index contributed by atoms with van der Waals surface area (Å²) in [5, 5.41) is 5.87. The quantitative estimate of drug-likeness (QED) is 0.760. The number of aromatic nitrogens is 1. The summed E-state index contributed by atoms with van der Waals surface area (Å²) in [6.45, 7) is 0. The molecule has 21 heavy (non-hydrogen) atoms. The van der Waals surface area contributed by atoms with E-state index in [2.05, 4.69) is 52.8 Å². The first kappa shape index (κ1) is 12.5. The molecule has 2 aromatic carbocycles. The number of fused-ring (bicyclic) bond motifs is 2. The summed E-state index contributed by atoms with van der Waals surface area (Å²) in [5.41, 5.74) is 5.42. The Morgan fingerprint density at radius 1 is 1.10 bits per heavy atom. The molecule has 0 aliphatic heterocycles. The third-order valence-corrected chi connectivity index (χ3v) is 4.55. The number of nitrogens with zero attached hydrogens (tertiary/aromatic N) is 1. The summed E-state index contributed by atoms with van der Waals surface area (Å²) in [6, 6.07) is 15.8. The van der Waals surface area contributed by atoms with Gasteiger partial charge in [-0.1, -0.05) is 42.5 Å². The molecule has 0 amide bonds. The lowest BCUT2D eigenvalue weighted by Crippen LogP contribution is -2.12. The summed E-state index contributed by atoms with van der Waals surface area (Å²) < 4.78 is 0. The summed E-state index contributed by atoms with van der Waals surface area (Å²) in [4.78, 5) is 4.40. The summed E-state index contributed by atoms with van der Waals surface area (Å²) >= 11 is 0. The lowest BCUT2D eigenvalue weighted by atomic mass is 9.97. The van der Waals surface area contributed by atoms with E-state index in [1.54, 1.807) is 0 Å². The zero-order valence-electron chi connectivity index (χ0n) is 12.1. The van der Waals surface area contributed by atoms with E-state index in [1.807, 2.05) is 19.4 Å². The van der Waals surface area contributed by atoms with Crippen LogP contribution in [0.15, 0.2) is 54.9 Å². The molecule has 0 saturated carbocycles. The van der Waals surface area contributed by atoms with E-state index in [4.69, 9.17) is 0 Å². The highest BCUT2D eigenvalue weighted by Gasteiger charge is 2.21. The number of hydrogen-bond donors (Lipinski definition) is 1. The Hall–Kier alpha value is -2.19. The van der Waals surface area contributed by atoms with Crippen molar-refractivity contribution in [2.24, 2.45) is 0 Å². The molecule has 104 valence electrons. The molecule has 4 rings (SSSR count). The Kier molecular flexibility index (Phi) is 2.97. The Morgan fingerprint density at radius 2 is 2.00 bits per heavy atom. The number of pyridine rings is 1. The van der Waals surface area contributed by atoms with Gasteiger partial charge in [0, 0.05) is 29.4 Å². The van der Waals surface area contributed by atoms with Gasteiger partial charge in [-0.25, -0.2) is 0 Å². The van der Waals surface area contributed by atoms with Gasteiger partial charge >= 0.3 is 0 Å². The smallest absolute Gasteiger partial charge is 0.0352 e. The van der Waals surface area contributed by atoms with Gasteiger partial charge in [-0.05, 0) is 42.0 Å². The topological polar surface area (TPSA) is 24.9 Å². The molecule has 1 aromatic heterocycles. The molecule has 0 spiro atoms. The van der Waals surface area contributed by atoms with Crippen LogP contribution in [0.25, 0.3) is 21.9 Å². The zero-order valence-corrected chi connectivity index (χ0v) is 12.1. The number of aryl methyl sites for hydroxylation is 1. The molecule has 1 atom stereocenters. The summed E-state index contributed by atoms with van der Waals surface area (Å²) in [5.74, 6) is 0. The third kappa shape index (κ3) is 2.03. The molecule has 0 bridgehead atoms. The van der Waals surface area contributed by atoms with Gasteiger partial charge in [0.25, 0.3) is 0 Å². The van der Waals surface area contributed by atoms with Crippen molar-refractivity contribution in [1.29, 1.82) is 0 Å². The lowest BCUT2D eigenvalue weighted by Gasteiger charge is -2.11. The highest BCUT2D eigenvalue weighted by molar-refractivity contribution is 5.95. The highest BCUT2D eigenvalue weighted by Crippen LogP contribution is 2.35. The van der Waals surface area contributed by atoms with Gasteiger partial charge in [-0.2, -0.15) is 0 Å². The van der Waals surface area contributed by atoms with Gasteiger partial charge in [-0.15, -0.1) is 0 Å². The van der Waals surface area contributed by atoms with Crippen LogP contribution in [0, 0.1) is 0 Å². The van der Waals surface area contributed by atoms with Gasteiger partial charge in [0.1, 0.15) is 0 Å². The van der Waals surface area contributed by atoms with E-state index in [0.29, 0.717) is 6.04 Å². The van der Waals surface area contributed by atoms with Crippen LogP contribution >= 0.6 is 0 Å². The summed E-state index contributed by atoms with van der Waals surface area (Å²) in [7, 11) is 2.04. The van der Waals surface area contributed by atoms with Crippen molar-refractivity contribution in [3.05, 3.63) is 66.0 Å². The van der Waals surface area contributed by atoms with E-state index >= 15 is 0 Å². The molecule has 2 nitrogen and oxygen atoms in total. The van der Waals surface area contributed by atoms with Crippen LogP contribution in [0.4, 0.5) is 0 Å². The maximum Gasteiger partial charge on any atom is 0.0352 e. The zero-order chi connectivity index (χ0) is 14.2. The monoisotopic (exact) mass is 274 g/mol. The highest BCUT2D eigenvalue weighted by atomic mass is 14.9. The molecule has 0 fully saturated rings. The molecular formula is C19H18N2. The predicted octanol–water partition coefficient (Wildman–Crippen LogP) is 4.11. The van der Waals surface area contributed by atoms with Crippen molar-refractivity contribution >= 4 is 10.8 Å². The van der Waals surface area contributed by atoms with Crippen LogP contribution in [0.2, 0.25) is 0 Å². The predicted molar refractivity (Wildman–Crippen MR) is 87.3 cm³/mol. The Bertz CT molecular complexity index is 802. The number of hydrogen-bond acceptors (Lipinski definition) is 2. The first-order valence-electron chi connectivity index (χ1n) is 7.50. The normalized spacial score (nSPS) is 17.1. The molecule has 0 saturated heterocycles. The van der Waals surface area contributed by atoms with Crippen molar-refractivity contribution in [2.45, 2.75) is 18.9 Å². The maximum atomic E-state index is 4.40. The van der Waals surface area contributed by atoms with Crippen LogP contribution in [0.1, 0.15) is 23.6 Å². The van der Waals surface area contributed by atoms with Crippen LogP contribution < -0.4 is 5.32 Å². The minimum absolute atomic E-state index is 0.514. The van der Waals surface area contributed by atoms with Gasteiger partial charge < -0.3 is 5.32 Å². The van der Waals surface area contributed by atoms with E-state index < -0.39 is 0 Å². The second-order valence-electron chi connectivity index (χ2n) is 5.70. The van der Waals surface area contributed by atoms with Crippen molar-refractivity contribution in [1.82, 2.24) is 10.3 Å². The SMILES string of the molecule is CNC1CCc2cc(-c3cncc4ccccc34)ccc21. The van der Waals surface area contributed by atoms with Crippen LogP contribution in [0.5, 0.6) is 0 Å². The molecule has 0 radical (unpaired) electrons. The molecular weight excluding hydrogens is 256 g/mol. The molecule has 3 aromatic rings. The first-order chi connectivity index (χ1) is 10.4. The van der Waals surface area contributed by atoms with Gasteiger partial charge in [0.2, 0.25) is 0 Å². The van der Waals surface area contributed by atoms with E-state index in [0.717, 1.165) is 6.42 Å². The van der Waals surface area contributed by atoms with Crippen LogP contribution in [0.3, 0.4) is 0 Å². The second-order valence-corrected chi connectivity index (χ2v) is 5.70. The fourth-order valence-corrected chi connectivity index (χ4v) is 3.43. The van der Waals surface area contributed by atoms with Gasteiger partial charge in [0.15, 0.2) is 0 Å². The van der Waals surface area contributed by atoms with Crippen LogP contribution in [-0.2, 0) is 6.42 Å². The van der Waals surface area contributed by atoms with Crippen molar-refractivity contribution in [3.63, 3.8) is 0 Å². The van der Waals surface area contributed by atoms with E-state index in [1.165, 1.54) is 39.4 Å². The number of benzene rings is 2. The Balaban J connectivity index is 1.87. The summed E-state index contributed by atoms with van der Waals surface area (Å²) in [6.07, 6.45) is 6.27. The fourth-order valence-electron chi connectivity index (χ4n) is 3.43. The molecule has 2 heteroatoms. The Labute approximate surface area is 124 Å². The first-order valence-corrected chi connectivity index (χ1v) is 7.50. The minimum atomic E-state index is 0.514. The van der Waals surface area contributed by atoms with Crippen LogP contribution in [-0.4, -0.2) is 12.0 Å². The maximum absolute atomic E-state index is 4.40. The van der Waals surface area contributed by atoms with Crippen molar-refractivity contribution < 1.29 is 0 Å². The number of rotatable bonds is 2. The largest absolute Gasteiger partial charge is 0.313 e. The average Bonchev–Trinajstić information content (AvgIpc) is 2.96. The molecule has 1 heterocycles. The third-order valence-electron chi connectivity index (χ3n) is 4.55. The molecule has 1 N–H and O–H groups in total. The van der Waals surface area contributed by atoms with E-state index in [9.17, 15) is 0 Å². The minimum Gasteiger partial charge on any atom is -0.313 e. The second kappa shape index (κ2) is 4.97.